The molecule has 3 rings (SSSR count). The summed E-state index contributed by atoms with van der Waals surface area (Å²) in [5.41, 5.74) is 2.71. The van der Waals surface area contributed by atoms with Crippen molar-refractivity contribution in [3.63, 3.8) is 0 Å². The van der Waals surface area contributed by atoms with Gasteiger partial charge in [0.05, 0.1) is 23.7 Å². The summed E-state index contributed by atoms with van der Waals surface area (Å²) in [5, 5.41) is 1.98. The minimum atomic E-state index is -0.111. The molecule has 0 spiro atoms. The lowest BCUT2D eigenvalue weighted by molar-refractivity contribution is -0.254. The summed E-state index contributed by atoms with van der Waals surface area (Å²) in [6.07, 6.45) is 3.53. The first-order valence-electron chi connectivity index (χ1n) is 7.27. The normalized spacial score (nSPS) is 31.2. The Hall–Kier alpha value is -0.940. The van der Waals surface area contributed by atoms with Crippen LogP contribution in [-0.2, 0) is 20.7 Å². The number of fused-ring (bicyclic) bond motifs is 1. The second-order valence-corrected chi connectivity index (χ2v) is 7.03. The van der Waals surface area contributed by atoms with Crippen LogP contribution in [0, 0.1) is 11.3 Å². The molecule has 1 saturated carbocycles. The van der Waals surface area contributed by atoms with Gasteiger partial charge in [0.25, 0.3) is 0 Å². The first-order valence-corrected chi connectivity index (χ1v) is 8.21. The molecule has 3 atom stereocenters. The lowest BCUT2D eigenvalue weighted by atomic mass is 9.57. The van der Waals surface area contributed by atoms with Crippen molar-refractivity contribution in [1.29, 1.82) is 0 Å². The fourth-order valence-electron chi connectivity index (χ4n) is 3.51. The van der Waals surface area contributed by atoms with E-state index >= 15 is 0 Å². The van der Waals surface area contributed by atoms with E-state index in [0.717, 1.165) is 25.1 Å². The third kappa shape index (κ3) is 2.49. The highest BCUT2D eigenvalue weighted by Crippen LogP contribution is 2.52. The van der Waals surface area contributed by atoms with E-state index in [0.29, 0.717) is 18.8 Å². The van der Waals surface area contributed by atoms with Gasteiger partial charge in [0.15, 0.2) is 0 Å². The first kappa shape index (κ1) is 14.0. The highest BCUT2D eigenvalue weighted by Gasteiger charge is 2.60. The SMILES string of the molecule is CC1(C)[C@@H]2OCCC[C@H]2[C@@H]1OC(=O)CCc1cscn1. The van der Waals surface area contributed by atoms with Gasteiger partial charge >= 0.3 is 5.97 Å². The van der Waals surface area contributed by atoms with Gasteiger partial charge in [-0.05, 0) is 12.8 Å². The predicted molar refractivity (Wildman–Crippen MR) is 76.6 cm³/mol. The van der Waals surface area contributed by atoms with Gasteiger partial charge in [-0.15, -0.1) is 11.3 Å². The largest absolute Gasteiger partial charge is 0.461 e. The van der Waals surface area contributed by atoms with Gasteiger partial charge in [-0.25, -0.2) is 4.98 Å². The van der Waals surface area contributed by atoms with Gasteiger partial charge in [0.2, 0.25) is 0 Å². The summed E-state index contributed by atoms with van der Waals surface area (Å²) in [6, 6.07) is 0. The number of hydrogen-bond acceptors (Lipinski definition) is 5. The van der Waals surface area contributed by atoms with E-state index in [2.05, 4.69) is 18.8 Å². The number of esters is 1. The second-order valence-electron chi connectivity index (χ2n) is 6.31. The topological polar surface area (TPSA) is 48.4 Å². The van der Waals surface area contributed by atoms with Crippen molar-refractivity contribution in [2.75, 3.05) is 6.61 Å². The molecule has 0 radical (unpaired) electrons. The first-order chi connectivity index (χ1) is 9.59. The average Bonchev–Trinajstić information content (AvgIpc) is 2.96. The number of aryl methyl sites for hydroxylation is 1. The summed E-state index contributed by atoms with van der Waals surface area (Å²) >= 11 is 1.56. The van der Waals surface area contributed by atoms with Crippen LogP contribution >= 0.6 is 11.3 Å². The molecule has 0 N–H and O–H groups in total. The van der Waals surface area contributed by atoms with E-state index in [1.807, 2.05) is 5.38 Å². The van der Waals surface area contributed by atoms with E-state index in [1.54, 1.807) is 16.8 Å². The maximum atomic E-state index is 12.0. The van der Waals surface area contributed by atoms with E-state index in [9.17, 15) is 4.79 Å². The number of hydrogen-bond donors (Lipinski definition) is 0. The Labute approximate surface area is 123 Å². The number of thiazole rings is 1. The third-order valence-electron chi connectivity index (χ3n) is 4.55. The zero-order chi connectivity index (χ0) is 14.2. The number of carbonyl (C=O) groups is 1. The van der Waals surface area contributed by atoms with Crippen molar-refractivity contribution < 1.29 is 14.3 Å². The van der Waals surface area contributed by atoms with Crippen LogP contribution in [0.25, 0.3) is 0 Å². The molecular formula is C15H21NO3S. The summed E-state index contributed by atoms with van der Waals surface area (Å²) in [6.45, 7) is 5.12. The van der Waals surface area contributed by atoms with Gasteiger partial charge in [0.1, 0.15) is 6.10 Å². The predicted octanol–water partition coefficient (Wildman–Crippen LogP) is 2.82. The van der Waals surface area contributed by atoms with E-state index in [1.165, 1.54) is 0 Å². The highest BCUT2D eigenvalue weighted by atomic mass is 32.1. The minimum Gasteiger partial charge on any atom is -0.461 e. The Kier molecular flexibility index (Phi) is 3.82. The van der Waals surface area contributed by atoms with Crippen LogP contribution in [0.1, 0.15) is 38.8 Å². The molecule has 0 aromatic carbocycles. The average molecular weight is 295 g/mol. The molecule has 1 aliphatic carbocycles. The van der Waals surface area contributed by atoms with Gasteiger partial charge in [-0.2, -0.15) is 0 Å². The molecule has 0 unspecified atom stereocenters. The van der Waals surface area contributed by atoms with Crippen LogP contribution in [0.5, 0.6) is 0 Å². The smallest absolute Gasteiger partial charge is 0.306 e. The van der Waals surface area contributed by atoms with Crippen LogP contribution < -0.4 is 0 Å². The van der Waals surface area contributed by atoms with Crippen molar-refractivity contribution in [3.05, 3.63) is 16.6 Å². The minimum absolute atomic E-state index is 0.00994. The molecule has 0 amide bonds. The molecule has 1 aromatic rings. The maximum absolute atomic E-state index is 12.0. The molecule has 2 fully saturated rings. The fraction of sp³-hybridized carbons (Fsp3) is 0.733. The Bertz CT molecular complexity index is 471. The molecule has 2 heterocycles. The monoisotopic (exact) mass is 295 g/mol. The number of ether oxygens (including phenoxy) is 2. The quantitative estimate of drug-likeness (QED) is 0.801. The highest BCUT2D eigenvalue weighted by molar-refractivity contribution is 7.07. The molecule has 1 saturated heterocycles. The Balaban J connectivity index is 1.53. The van der Waals surface area contributed by atoms with Crippen molar-refractivity contribution in [3.8, 4) is 0 Å². The maximum Gasteiger partial charge on any atom is 0.306 e. The fourth-order valence-corrected chi connectivity index (χ4v) is 4.10. The van der Waals surface area contributed by atoms with Crippen molar-refractivity contribution in [2.45, 2.75) is 51.7 Å². The molecule has 110 valence electrons. The van der Waals surface area contributed by atoms with Crippen LogP contribution in [0.2, 0.25) is 0 Å². The van der Waals surface area contributed by atoms with Crippen molar-refractivity contribution in [2.24, 2.45) is 11.3 Å². The molecule has 1 aromatic heterocycles. The number of nitrogens with zero attached hydrogens (tertiary/aromatic N) is 1. The Morgan fingerprint density at radius 3 is 3.20 bits per heavy atom. The van der Waals surface area contributed by atoms with Crippen molar-refractivity contribution >= 4 is 17.3 Å². The Morgan fingerprint density at radius 2 is 2.45 bits per heavy atom. The molecule has 5 heteroatoms. The molecule has 2 aliphatic rings. The molecule has 1 aliphatic heterocycles. The van der Waals surface area contributed by atoms with Crippen LogP contribution in [-0.4, -0.2) is 29.8 Å². The third-order valence-corrected chi connectivity index (χ3v) is 5.19. The number of aromatic nitrogens is 1. The lowest BCUT2D eigenvalue weighted by Gasteiger charge is -2.58. The summed E-state index contributed by atoms with van der Waals surface area (Å²) < 4.78 is 11.5. The van der Waals surface area contributed by atoms with E-state index in [-0.39, 0.29) is 23.6 Å². The van der Waals surface area contributed by atoms with Gasteiger partial charge < -0.3 is 9.47 Å². The number of rotatable bonds is 4. The summed E-state index contributed by atoms with van der Waals surface area (Å²) in [5.74, 6) is 0.280. The zero-order valence-electron chi connectivity index (χ0n) is 12.0. The standard InChI is InChI=1S/C15H21NO3S/c1-15(2)13-11(4-3-7-18-13)14(15)19-12(17)6-5-10-8-20-9-16-10/h8-9,11,13-14H,3-7H2,1-2H3/t11-,13-,14+/m1/s1. The van der Waals surface area contributed by atoms with Gasteiger partial charge in [0, 0.05) is 29.7 Å². The number of carbonyl (C=O) groups excluding carboxylic acids is 1. The van der Waals surface area contributed by atoms with Crippen LogP contribution in [0.15, 0.2) is 10.9 Å². The zero-order valence-corrected chi connectivity index (χ0v) is 12.8. The molecule has 20 heavy (non-hydrogen) atoms. The molecule has 0 bridgehead atoms. The van der Waals surface area contributed by atoms with Gasteiger partial charge in [-0.1, -0.05) is 13.8 Å². The molecule has 4 nitrogen and oxygen atoms in total. The van der Waals surface area contributed by atoms with Crippen molar-refractivity contribution in [1.82, 2.24) is 4.98 Å². The summed E-state index contributed by atoms with van der Waals surface area (Å²) in [4.78, 5) is 16.2. The second kappa shape index (κ2) is 5.45. The van der Waals surface area contributed by atoms with Gasteiger partial charge in [-0.3, -0.25) is 4.79 Å². The lowest BCUT2D eigenvalue weighted by Crippen LogP contribution is -2.65. The summed E-state index contributed by atoms with van der Waals surface area (Å²) in [7, 11) is 0. The van der Waals surface area contributed by atoms with E-state index < -0.39 is 0 Å². The van der Waals surface area contributed by atoms with Crippen LogP contribution in [0.3, 0.4) is 0 Å². The van der Waals surface area contributed by atoms with Crippen LogP contribution in [0.4, 0.5) is 0 Å². The van der Waals surface area contributed by atoms with E-state index in [4.69, 9.17) is 9.47 Å². The Morgan fingerprint density at radius 1 is 1.60 bits per heavy atom. The molecular weight excluding hydrogens is 274 g/mol.